The van der Waals surface area contributed by atoms with Crippen LogP contribution in [-0.2, 0) is 4.79 Å². The lowest BCUT2D eigenvalue weighted by molar-refractivity contribution is -0.118. The number of ether oxygens (including phenoxy) is 1. The molecule has 3 aromatic rings. The summed E-state index contributed by atoms with van der Waals surface area (Å²) in [7, 11) is 0. The maximum atomic E-state index is 12.4. The van der Waals surface area contributed by atoms with Crippen LogP contribution in [0.2, 0.25) is 10.0 Å². The number of aryl methyl sites for hydroxylation is 1. The molecule has 0 aliphatic carbocycles. The summed E-state index contributed by atoms with van der Waals surface area (Å²) in [6, 6.07) is 12.6. The summed E-state index contributed by atoms with van der Waals surface area (Å²) in [5, 5.41) is 13.8. The first-order valence-corrected chi connectivity index (χ1v) is 11.6. The van der Waals surface area contributed by atoms with Gasteiger partial charge in [0, 0.05) is 48.8 Å². The maximum absolute atomic E-state index is 12.4. The molecule has 1 aromatic heterocycles. The molecule has 0 radical (unpaired) electrons. The van der Waals surface area contributed by atoms with Crippen LogP contribution in [0.15, 0.2) is 42.5 Å². The standard InChI is InChI=1S/C24H26Cl2N4O3/c1-16-12-23(30-8-6-29(7-9-30)10-11-31)28-21-4-3-18(14-19(16)21)27-24(32)15-33-22-5-2-17(25)13-20(22)26/h2-5,12-14,31H,6-11,15H2,1H3,(H,27,32). The van der Waals surface area contributed by atoms with Gasteiger partial charge in [-0.1, -0.05) is 23.2 Å². The molecule has 2 heterocycles. The second kappa shape index (κ2) is 10.6. The summed E-state index contributed by atoms with van der Waals surface area (Å²) in [6.45, 7) is 6.36. The third-order valence-electron chi connectivity index (χ3n) is 5.65. The van der Waals surface area contributed by atoms with Gasteiger partial charge in [-0.05, 0) is 55.0 Å². The quantitative estimate of drug-likeness (QED) is 0.523. The van der Waals surface area contributed by atoms with Crippen molar-refractivity contribution in [1.82, 2.24) is 9.88 Å². The van der Waals surface area contributed by atoms with E-state index in [1.54, 1.807) is 18.2 Å². The molecule has 0 spiro atoms. The number of aromatic nitrogens is 1. The van der Waals surface area contributed by atoms with E-state index in [1.807, 2.05) is 25.1 Å². The van der Waals surface area contributed by atoms with Crippen molar-refractivity contribution in [3.05, 3.63) is 58.1 Å². The van der Waals surface area contributed by atoms with Crippen LogP contribution in [0.3, 0.4) is 0 Å². The second-order valence-electron chi connectivity index (χ2n) is 7.99. The number of amides is 1. The fraction of sp³-hybridized carbons (Fsp3) is 0.333. The number of carbonyl (C=O) groups is 1. The Kier molecular flexibility index (Phi) is 7.55. The molecule has 7 nitrogen and oxygen atoms in total. The Balaban J connectivity index is 1.41. The van der Waals surface area contributed by atoms with Gasteiger partial charge in [-0.3, -0.25) is 9.69 Å². The zero-order chi connectivity index (χ0) is 23.4. The minimum absolute atomic E-state index is 0.169. The lowest BCUT2D eigenvalue weighted by atomic mass is 10.1. The maximum Gasteiger partial charge on any atom is 0.262 e. The molecule has 9 heteroatoms. The molecular weight excluding hydrogens is 463 g/mol. The molecular formula is C24H26Cl2N4O3. The smallest absolute Gasteiger partial charge is 0.262 e. The molecule has 0 atom stereocenters. The Morgan fingerprint density at radius 3 is 2.64 bits per heavy atom. The number of nitrogens with zero attached hydrogens (tertiary/aromatic N) is 3. The molecule has 0 unspecified atom stereocenters. The summed E-state index contributed by atoms with van der Waals surface area (Å²) in [5.41, 5.74) is 2.65. The summed E-state index contributed by atoms with van der Waals surface area (Å²) in [5.74, 6) is 1.07. The number of pyridine rings is 1. The lowest BCUT2D eigenvalue weighted by Gasteiger charge is -2.35. The van der Waals surface area contributed by atoms with Crippen LogP contribution in [0.5, 0.6) is 5.75 Å². The minimum Gasteiger partial charge on any atom is -0.482 e. The summed E-state index contributed by atoms with van der Waals surface area (Å²) < 4.78 is 5.50. The van der Waals surface area contributed by atoms with Gasteiger partial charge in [-0.15, -0.1) is 0 Å². The van der Waals surface area contributed by atoms with E-state index >= 15 is 0 Å². The van der Waals surface area contributed by atoms with E-state index in [9.17, 15) is 4.79 Å². The average molecular weight is 489 g/mol. The normalized spacial score (nSPS) is 14.5. The van der Waals surface area contributed by atoms with Crippen molar-refractivity contribution in [2.75, 3.05) is 56.2 Å². The summed E-state index contributed by atoms with van der Waals surface area (Å²) >= 11 is 12.0. The molecule has 2 aromatic carbocycles. The number of rotatable bonds is 7. The van der Waals surface area contributed by atoms with Crippen LogP contribution >= 0.6 is 23.2 Å². The number of halogens is 2. The van der Waals surface area contributed by atoms with Crippen molar-refractivity contribution in [2.45, 2.75) is 6.92 Å². The first-order valence-electron chi connectivity index (χ1n) is 10.8. The molecule has 1 saturated heterocycles. The highest BCUT2D eigenvalue weighted by Gasteiger charge is 2.18. The van der Waals surface area contributed by atoms with Crippen molar-refractivity contribution in [3.63, 3.8) is 0 Å². The molecule has 0 saturated carbocycles. The highest BCUT2D eigenvalue weighted by atomic mass is 35.5. The van der Waals surface area contributed by atoms with Gasteiger partial charge >= 0.3 is 0 Å². The van der Waals surface area contributed by atoms with Gasteiger partial charge in [0.25, 0.3) is 5.91 Å². The molecule has 0 bridgehead atoms. The van der Waals surface area contributed by atoms with Gasteiger partial charge in [-0.25, -0.2) is 4.98 Å². The van der Waals surface area contributed by atoms with Gasteiger partial charge in [0.15, 0.2) is 6.61 Å². The molecule has 1 aliphatic heterocycles. The van der Waals surface area contributed by atoms with Crippen molar-refractivity contribution in [3.8, 4) is 5.75 Å². The molecule has 1 fully saturated rings. The summed E-state index contributed by atoms with van der Waals surface area (Å²) in [6.07, 6.45) is 0. The van der Waals surface area contributed by atoms with E-state index in [0.717, 1.165) is 48.5 Å². The van der Waals surface area contributed by atoms with Crippen LogP contribution in [0.25, 0.3) is 10.9 Å². The van der Waals surface area contributed by atoms with Gasteiger partial charge < -0.3 is 20.1 Å². The number of piperazine rings is 1. The number of aliphatic hydroxyl groups excluding tert-OH is 1. The zero-order valence-corrected chi connectivity index (χ0v) is 19.9. The number of benzene rings is 2. The average Bonchev–Trinajstić information content (AvgIpc) is 2.79. The van der Waals surface area contributed by atoms with Crippen molar-refractivity contribution in [2.24, 2.45) is 0 Å². The Bertz CT molecular complexity index is 1150. The van der Waals surface area contributed by atoms with E-state index in [0.29, 0.717) is 28.0 Å². The fourth-order valence-electron chi connectivity index (χ4n) is 3.89. The number of carbonyl (C=O) groups excluding carboxylic acids is 1. The minimum atomic E-state index is -0.289. The number of β-amino-alcohol motifs (C(OH)–C–C–N with tert-alkyl or cyclic N) is 1. The molecule has 2 N–H and O–H groups in total. The fourth-order valence-corrected chi connectivity index (χ4v) is 4.35. The Morgan fingerprint density at radius 1 is 1.12 bits per heavy atom. The Hall–Kier alpha value is -2.58. The van der Waals surface area contributed by atoms with E-state index < -0.39 is 0 Å². The third-order valence-corrected chi connectivity index (χ3v) is 6.18. The van der Waals surface area contributed by atoms with Gasteiger partial charge in [0.2, 0.25) is 0 Å². The molecule has 33 heavy (non-hydrogen) atoms. The molecule has 4 rings (SSSR count). The number of fused-ring (bicyclic) bond motifs is 1. The van der Waals surface area contributed by atoms with Crippen LogP contribution in [-0.4, -0.2) is 66.8 Å². The van der Waals surface area contributed by atoms with E-state index in [1.165, 1.54) is 0 Å². The van der Waals surface area contributed by atoms with Gasteiger partial charge in [0.05, 0.1) is 17.1 Å². The van der Waals surface area contributed by atoms with Crippen LogP contribution in [0.1, 0.15) is 5.56 Å². The third kappa shape index (κ3) is 5.86. The van der Waals surface area contributed by atoms with E-state index in [2.05, 4.69) is 21.2 Å². The number of aliphatic hydroxyl groups is 1. The number of hydrogen-bond donors (Lipinski definition) is 2. The summed E-state index contributed by atoms with van der Waals surface area (Å²) in [4.78, 5) is 21.7. The Morgan fingerprint density at radius 2 is 1.91 bits per heavy atom. The van der Waals surface area contributed by atoms with E-state index in [-0.39, 0.29) is 19.1 Å². The predicted octanol–water partition coefficient (Wildman–Crippen LogP) is 3.98. The van der Waals surface area contributed by atoms with E-state index in [4.69, 9.17) is 38.0 Å². The first kappa shape index (κ1) is 23.6. The van der Waals surface area contributed by atoms with Crippen LogP contribution in [0.4, 0.5) is 11.5 Å². The Labute approximate surface area is 202 Å². The van der Waals surface area contributed by atoms with Crippen LogP contribution < -0.4 is 15.0 Å². The molecule has 1 amide bonds. The second-order valence-corrected chi connectivity index (χ2v) is 8.84. The molecule has 174 valence electrons. The predicted molar refractivity (Wildman–Crippen MR) is 133 cm³/mol. The SMILES string of the molecule is Cc1cc(N2CCN(CCO)CC2)nc2ccc(NC(=O)COc3ccc(Cl)cc3Cl)cc12. The zero-order valence-electron chi connectivity index (χ0n) is 18.4. The number of anilines is 2. The largest absolute Gasteiger partial charge is 0.482 e. The van der Waals surface area contributed by atoms with Crippen LogP contribution in [0, 0.1) is 6.92 Å². The highest BCUT2D eigenvalue weighted by molar-refractivity contribution is 6.35. The van der Waals surface area contributed by atoms with Crippen molar-refractivity contribution >= 4 is 51.5 Å². The van der Waals surface area contributed by atoms with Crippen molar-refractivity contribution < 1.29 is 14.6 Å². The van der Waals surface area contributed by atoms with Gasteiger partial charge in [0.1, 0.15) is 11.6 Å². The van der Waals surface area contributed by atoms with Gasteiger partial charge in [-0.2, -0.15) is 0 Å². The van der Waals surface area contributed by atoms with Crippen molar-refractivity contribution in [1.29, 1.82) is 0 Å². The molecule has 1 aliphatic rings. The monoisotopic (exact) mass is 488 g/mol. The number of nitrogens with one attached hydrogen (secondary N) is 1. The number of hydrogen-bond acceptors (Lipinski definition) is 6. The topological polar surface area (TPSA) is 77.9 Å². The highest BCUT2D eigenvalue weighted by Crippen LogP contribution is 2.28. The lowest BCUT2D eigenvalue weighted by Crippen LogP contribution is -2.47. The first-order chi connectivity index (χ1) is 15.9.